The topological polar surface area (TPSA) is 38.7 Å². The summed E-state index contributed by atoms with van der Waals surface area (Å²) in [4.78, 5) is 0. The highest BCUT2D eigenvalue weighted by molar-refractivity contribution is 5.58. The van der Waals surface area contributed by atoms with Crippen molar-refractivity contribution in [2.75, 3.05) is 7.11 Å². The SMILES string of the molecule is C=Cc1cccc(C)c1.COC(C)Oc1ccc(C=CC=Cc2ccc(O)cc2)cc1. The van der Waals surface area contributed by atoms with Crippen LogP contribution in [0.25, 0.3) is 18.2 Å². The van der Waals surface area contributed by atoms with Crippen molar-refractivity contribution in [2.24, 2.45) is 0 Å². The molecule has 1 unspecified atom stereocenters. The highest BCUT2D eigenvalue weighted by Gasteiger charge is 2.00. The van der Waals surface area contributed by atoms with Gasteiger partial charge in [0.25, 0.3) is 0 Å². The van der Waals surface area contributed by atoms with Crippen molar-refractivity contribution in [2.45, 2.75) is 20.1 Å². The van der Waals surface area contributed by atoms with E-state index in [0.717, 1.165) is 16.9 Å². The van der Waals surface area contributed by atoms with Crippen molar-refractivity contribution in [3.63, 3.8) is 0 Å². The summed E-state index contributed by atoms with van der Waals surface area (Å²) in [6, 6.07) is 23.1. The van der Waals surface area contributed by atoms with Crippen LogP contribution in [0.2, 0.25) is 0 Å². The van der Waals surface area contributed by atoms with Crippen LogP contribution in [0, 0.1) is 6.92 Å². The first kappa shape index (κ1) is 23.7. The Labute approximate surface area is 185 Å². The number of hydrogen-bond acceptors (Lipinski definition) is 3. The van der Waals surface area contributed by atoms with Crippen molar-refractivity contribution < 1.29 is 14.6 Å². The van der Waals surface area contributed by atoms with Crippen LogP contribution in [0.5, 0.6) is 11.5 Å². The van der Waals surface area contributed by atoms with E-state index in [1.165, 1.54) is 11.1 Å². The van der Waals surface area contributed by atoms with E-state index in [-0.39, 0.29) is 12.0 Å². The summed E-state index contributed by atoms with van der Waals surface area (Å²) in [6.07, 6.45) is 9.53. The van der Waals surface area contributed by atoms with Gasteiger partial charge in [0.15, 0.2) is 6.29 Å². The summed E-state index contributed by atoms with van der Waals surface area (Å²) in [5.74, 6) is 1.06. The van der Waals surface area contributed by atoms with Crippen molar-refractivity contribution in [1.82, 2.24) is 0 Å². The molecule has 0 aromatic heterocycles. The number of aryl methyl sites for hydroxylation is 1. The van der Waals surface area contributed by atoms with Crippen LogP contribution in [-0.2, 0) is 4.74 Å². The lowest BCUT2D eigenvalue weighted by Crippen LogP contribution is -2.13. The normalized spacial score (nSPS) is 11.7. The van der Waals surface area contributed by atoms with E-state index in [1.54, 1.807) is 19.2 Å². The quantitative estimate of drug-likeness (QED) is 0.330. The molecule has 3 heteroatoms. The molecule has 0 saturated heterocycles. The Bertz CT molecular complexity index is 984. The third kappa shape index (κ3) is 9.20. The second kappa shape index (κ2) is 12.9. The molecule has 0 spiro atoms. The molecular weight excluding hydrogens is 384 g/mol. The highest BCUT2D eigenvalue weighted by Crippen LogP contribution is 2.15. The zero-order chi connectivity index (χ0) is 22.5. The lowest BCUT2D eigenvalue weighted by Gasteiger charge is -2.12. The van der Waals surface area contributed by atoms with Gasteiger partial charge in [0.05, 0.1) is 0 Å². The maximum Gasteiger partial charge on any atom is 0.196 e. The number of ether oxygens (including phenoxy) is 2. The number of phenolic OH excluding ortho intramolecular Hbond substituents is 1. The summed E-state index contributed by atoms with van der Waals surface area (Å²) < 4.78 is 10.6. The molecule has 0 amide bonds. The lowest BCUT2D eigenvalue weighted by molar-refractivity contribution is -0.0382. The Kier molecular flexibility index (Phi) is 9.86. The minimum Gasteiger partial charge on any atom is -0.508 e. The molecule has 3 nitrogen and oxygen atoms in total. The fourth-order valence-corrected chi connectivity index (χ4v) is 2.61. The Morgan fingerprint density at radius 1 is 0.839 bits per heavy atom. The fourth-order valence-electron chi connectivity index (χ4n) is 2.61. The average molecular weight is 415 g/mol. The van der Waals surface area contributed by atoms with Crippen LogP contribution >= 0.6 is 0 Å². The molecule has 3 aromatic rings. The second-order valence-corrected chi connectivity index (χ2v) is 6.92. The summed E-state index contributed by atoms with van der Waals surface area (Å²) in [5, 5.41) is 9.21. The average Bonchev–Trinajstić information content (AvgIpc) is 2.79. The van der Waals surface area contributed by atoms with E-state index in [9.17, 15) is 5.11 Å². The van der Waals surface area contributed by atoms with Gasteiger partial charge >= 0.3 is 0 Å². The fraction of sp³-hybridized carbons (Fsp3) is 0.143. The van der Waals surface area contributed by atoms with Gasteiger partial charge < -0.3 is 14.6 Å². The predicted molar refractivity (Wildman–Crippen MR) is 131 cm³/mol. The monoisotopic (exact) mass is 414 g/mol. The minimum atomic E-state index is -0.255. The largest absolute Gasteiger partial charge is 0.508 e. The lowest BCUT2D eigenvalue weighted by atomic mass is 10.1. The molecule has 0 fully saturated rings. The molecule has 1 atom stereocenters. The zero-order valence-electron chi connectivity index (χ0n) is 18.4. The first-order chi connectivity index (χ1) is 15.0. The predicted octanol–water partition coefficient (Wildman–Crippen LogP) is 7.13. The third-order valence-electron chi connectivity index (χ3n) is 4.37. The minimum absolute atomic E-state index is 0.255. The van der Waals surface area contributed by atoms with Crippen LogP contribution in [0.4, 0.5) is 0 Å². The van der Waals surface area contributed by atoms with E-state index in [0.29, 0.717) is 0 Å². The molecule has 0 bridgehead atoms. The van der Waals surface area contributed by atoms with E-state index in [2.05, 4.69) is 25.6 Å². The first-order valence-electron chi connectivity index (χ1n) is 10.1. The first-order valence-corrected chi connectivity index (χ1v) is 10.1. The van der Waals surface area contributed by atoms with Crippen molar-refractivity contribution in [3.05, 3.63) is 114 Å². The molecule has 31 heavy (non-hydrogen) atoms. The molecule has 3 aromatic carbocycles. The molecule has 0 aliphatic rings. The number of allylic oxidation sites excluding steroid dienone is 2. The molecule has 0 radical (unpaired) electrons. The molecule has 0 aliphatic heterocycles. The van der Waals surface area contributed by atoms with E-state index < -0.39 is 0 Å². The van der Waals surface area contributed by atoms with Gasteiger partial charge in [0, 0.05) is 7.11 Å². The van der Waals surface area contributed by atoms with Crippen LogP contribution in [0.1, 0.15) is 29.2 Å². The van der Waals surface area contributed by atoms with Gasteiger partial charge in [0.2, 0.25) is 0 Å². The van der Waals surface area contributed by atoms with Crippen molar-refractivity contribution in [1.29, 1.82) is 0 Å². The number of methoxy groups -OCH3 is 1. The Hall–Kier alpha value is -3.56. The molecular formula is C28H30O3. The summed E-state index contributed by atoms with van der Waals surface area (Å²) in [7, 11) is 1.61. The van der Waals surface area contributed by atoms with Crippen LogP contribution < -0.4 is 4.74 Å². The maximum atomic E-state index is 9.21. The standard InChI is InChI=1S/C19H20O3.C9H10/c1-15(21-2)22-19-13-9-17(10-14-19)6-4-3-5-16-7-11-18(20)12-8-16;1-3-9-6-4-5-8(2)7-9/h3-15,20H,1-2H3;3-7H,1H2,2H3. The van der Waals surface area contributed by atoms with Gasteiger partial charge in [-0.15, -0.1) is 0 Å². The van der Waals surface area contributed by atoms with Crippen LogP contribution in [0.15, 0.2) is 91.5 Å². The number of aromatic hydroxyl groups is 1. The summed E-state index contributed by atoms with van der Waals surface area (Å²) in [6.45, 7) is 7.60. The number of phenols is 1. The zero-order valence-corrected chi connectivity index (χ0v) is 18.4. The highest BCUT2D eigenvalue weighted by atomic mass is 16.7. The van der Waals surface area contributed by atoms with E-state index in [4.69, 9.17) is 9.47 Å². The Balaban J connectivity index is 0.000000316. The molecule has 160 valence electrons. The van der Waals surface area contributed by atoms with Crippen LogP contribution in [-0.4, -0.2) is 18.5 Å². The molecule has 0 heterocycles. The Morgan fingerprint density at radius 3 is 1.90 bits per heavy atom. The van der Waals surface area contributed by atoms with Gasteiger partial charge in [-0.3, -0.25) is 0 Å². The second-order valence-electron chi connectivity index (χ2n) is 6.92. The third-order valence-corrected chi connectivity index (χ3v) is 4.37. The van der Waals surface area contributed by atoms with Gasteiger partial charge in [-0.05, 0) is 54.8 Å². The smallest absolute Gasteiger partial charge is 0.196 e. The molecule has 0 aliphatic carbocycles. The number of rotatable bonds is 7. The molecule has 0 saturated carbocycles. The number of benzene rings is 3. The van der Waals surface area contributed by atoms with Crippen molar-refractivity contribution >= 4 is 18.2 Å². The molecule has 1 N–H and O–H groups in total. The van der Waals surface area contributed by atoms with Gasteiger partial charge in [-0.25, -0.2) is 0 Å². The van der Waals surface area contributed by atoms with Gasteiger partial charge in [0.1, 0.15) is 11.5 Å². The molecule has 3 rings (SSSR count). The Morgan fingerprint density at radius 2 is 1.42 bits per heavy atom. The maximum absolute atomic E-state index is 9.21. The van der Waals surface area contributed by atoms with Gasteiger partial charge in [-0.2, -0.15) is 0 Å². The summed E-state index contributed by atoms with van der Waals surface area (Å²) in [5.41, 5.74) is 4.61. The van der Waals surface area contributed by atoms with Crippen molar-refractivity contribution in [3.8, 4) is 11.5 Å². The summed E-state index contributed by atoms with van der Waals surface area (Å²) >= 11 is 0. The number of hydrogen-bond donors (Lipinski definition) is 1. The van der Waals surface area contributed by atoms with E-state index in [1.807, 2.05) is 85.8 Å². The van der Waals surface area contributed by atoms with Crippen LogP contribution in [0.3, 0.4) is 0 Å². The van der Waals surface area contributed by atoms with E-state index >= 15 is 0 Å². The van der Waals surface area contributed by atoms with Gasteiger partial charge in [-0.1, -0.05) is 91.1 Å².